The number of aryl methyl sites for hydroxylation is 1. The molecule has 3 heterocycles. The van der Waals surface area contributed by atoms with Crippen molar-refractivity contribution in [3.8, 4) is 22.8 Å². The Bertz CT molecular complexity index is 1110. The van der Waals surface area contributed by atoms with Crippen molar-refractivity contribution in [1.29, 1.82) is 0 Å². The van der Waals surface area contributed by atoms with Crippen molar-refractivity contribution in [2.75, 3.05) is 32.2 Å². The van der Waals surface area contributed by atoms with Gasteiger partial charge in [0, 0.05) is 37.7 Å². The van der Waals surface area contributed by atoms with Gasteiger partial charge in [0.25, 0.3) is 0 Å². The average molecular weight is 430 g/mol. The fraction of sp³-hybridized carbons (Fsp3) is 0.381. The quantitative estimate of drug-likeness (QED) is 0.671. The molecule has 158 valence electrons. The highest BCUT2D eigenvalue weighted by Crippen LogP contribution is 2.36. The molecule has 3 aromatic rings. The summed E-state index contributed by atoms with van der Waals surface area (Å²) in [5.41, 5.74) is 4.20. The second-order valence-electron chi connectivity index (χ2n) is 7.34. The molecule has 0 saturated carbocycles. The molecule has 1 aromatic carbocycles. The topological polar surface area (TPSA) is 81.0 Å². The van der Waals surface area contributed by atoms with Crippen molar-refractivity contribution in [2.45, 2.75) is 26.3 Å². The number of nitrogens with zero attached hydrogens (tertiary/aromatic N) is 4. The maximum atomic E-state index is 11.4. The van der Waals surface area contributed by atoms with Crippen LogP contribution < -0.4 is 19.7 Å². The number of methoxy groups -OCH3 is 2. The van der Waals surface area contributed by atoms with Crippen molar-refractivity contribution >= 4 is 28.8 Å². The van der Waals surface area contributed by atoms with E-state index >= 15 is 0 Å². The van der Waals surface area contributed by atoms with Gasteiger partial charge in [0.2, 0.25) is 5.91 Å². The SMILES string of the molecule is COc1ccc(-c2c(C)nc3c(N4CC[C@@H](NC(C)=O)C4)cc(Cl)nn23)cc1OC. The van der Waals surface area contributed by atoms with Crippen LogP contribution in [0.15, 0.2) is 24.3 Å². The Morgan fingerprint density at radius 1 is 1.23 bits per heavy atom. The lowest BCUT2D eigenvalue weighted by atomic mass is 10.1. The lowest BCUT2D eigenvalue weighted by molar-refractivity contribution is -0.119. The lowest BCUT2D eigenvalue weighted by Gasteiger charge is -2.19. The summed E-state index contributed by atoms with van der Waals surface area (Å²) in [7, 11) is 3.21. The van der Waals surface area contributed by atoms with Crippen LogP contribution in [0.1, 0.15) is 19.0 Å². The van der Waals surface area contributed by atoms with Crippen LogP contribution in [0.3, 0.4) is 0 Å². The van der Waals surface area contributed by atoms with Gasteiger partial charge in [-0.1, -0.05) is 11.6 Å². The zero-order valence-electron chi connectivity index (χ0n) is 17.4. The second kappa shape index (κ2) is 8.02. The highest BCUT2D eigenvalue weighted by molar-refractivity contribution is 6.29. The fourth-order valence-electron chi connectivity index (χ4n) is 4.01. The Morgan fingerprint density at radius 2 is 2.00 bits per heavy atom. The van der Waals surface area contributed by atoms with E-state index in [1.807, 2.05) is 31.2 Å². The van der Waals surface area contributed by atoms with Gasteiger partial charge in [-0.15, -0.1) is 0 Å². The van der Waals surface area contributed by atoms with Crippen LogP contribution in [0.25, 0.3) is 16.9 Å². The predicted molar refractivity (Wildman–Crippen MR) is 116 cm³/mol. The molecule has 0 aliphatic carbocycles. The fourth-order valence-corrected chi connectivity index (χ4v) is 4.19. The molecule has 9 heteroatoms. The number of benzene rings is 1. The number of ether oxygens (including phenoxy) is 2. The van der Waals surface area contributed by atoms with Gasteiger partial charge in [-0.2, -0.15) is 5.10 Å². The smallest absolute Gasteiger partial charge is 0.217 e. The van der Waals surface area contributed by atoms with E-state index in [4.69, 9.17) is 26.1 Å². The van der Waals surface area contributed by atoms with Crippen molar-refractivity contribution < 1.29 is 14.3 Å². The lowest BCUT2D eigenvalue weighted by Crippen LogP contribution is -2.35. The van der Waals surface area contributed by atoms with Gasteiger partial charge in [-0.05, 0) is 31.5 Å². The number of rotatable bonds is 5. The molecule has 1 atom stereocenters. The predicted octanol–water partition coefficient (Wildman–Crippen LogP) is 3.09. The summed E-state index contributed by atoms with van der Waals surface area (Å²) < 4.78 is 12.6. The van der Waals surface area contributed by atoms with Crippen molar-refractivity contribution in [2.24, 2.45) is 0 Å². The Morgan fingerprint density at radius 3 is 2.70 bits per heavy atom. The minimum atomic E-state index is -0.0212. The first-order chi connectivity index (χ1) is 14.4. The number of imidazole rings is 1. The van der Waals surface area contributed by atoms with E-state index in [0.29, 0.717) is 23.2 Å². The maximum Gasteiger partial charge on any atom is 0.217 e. The van der Waals surface area contributed by atoms with Crippen LogP contribution in [-0.2, 0) is 4.79 Å². The van der Waals surface area contributed by atoms with Crippen LogP contribution in [0, 0.1) is 6.92 Å². The number of halogens is 1. The number of hydrogen-bond donors (Lipinski definition) is 1. The number of fused-ring (bicyclic) bond motifs is 1. The molecule has 0 unspecified atom stereocenters. The molecule has 8 nitrogen and oxygen atoms in total. The number of amides is 1. The first-order valence-corrected chi connectivity index (χ1v) is 10.1. The Labute approximate surface area is 179 Å². The Kier molecular flexibility index (Phi) is 5.42. The molecular formula is C21H24ClN5O3. The minimum absolute atomic E-state index is 0.0212. The molecule has 1 N–H and O–H groups in total. The van der Waals surface area contributed by atoms with Gasteiger partial charge in [-0.3, -0.25) is 4.79 Å². The van der Waals surface area contributed by atoms with Crippen LogP contribution in [0.5, 0.6) is 11.5 Å². The zero-order valence-corrected chi connectivity index (χ0v) is 18.2. The van der Waals surface area contributed by atoms with E-state index in [2.05, 4.69) is 15.3 Å². The van der Waals surface area contributed by atoms with Crippen molar-refractivity contribution in [3.05, 3.63) is 35.1 Å². The van der Waals surface area contributed by atoms with Gasteiger partial charge in [-0.25, -0.2) is 9.50 Å². The van der Waals surface area contributed by atoms with Gasteiger partial charge in [0.05, 0.1) is 31.3 Å². The molecule has 0 radical (unpaired) electrons. The molecule has 1 aliphatic rings. The minimum Gasteiger partial charge on any atom is -0.493 e. The first kappa shape index (κ1) is 20.3. The molecule has 2 aromatic heterocycles. The van der Waals surface area contributed by atoms with Crippen molar-refractivity contribution in [3.63, 3.8) is 0 Å². The summed E-state index contributed by atoms with van der Waals surface area (Å²) in [6, 6.07) is 7.65. The molecule has 1 aliphatic heterocycles. The first-order valence-electron chi connectivity index (χ1n) is 9.71. The van der Waals surface area contributed by atoms with E-state index in [0.717, 1.165) is 41.3 Å². The highest BCUT2D eigenvalue weighted by Gasteiger charge is 2.27. The number of nitrogens with one attached hydrogen (secondary N) is 1. The van der Waals surface area contributed by atoms with E-state index in [9.17, 15) is 4.79 Å². The van der Waals surface area contributed by atoms with Crippen LogP contribution in [0.2, 0.25) is 5.15 Å². The summed E-state index contributed by atoms with van der Waals surface area (Å²) >= 11 is 6.40. The molecule has 1 amide bonds. The largest absolute Gasteiger partial charge is 0.493 e. The van der Waals surface area contributed by atoms with E-state index in [-0.39, 0.29) is 11.9 Å². The van der Waals surface area contributed by atoms with Crippen LogP contribution in [-0.4, -0.2) is 53.9 Å². The van der Waals surface area contributed by atoms with Crippen LogP contribution in [0.4, 0.5) is 5.69 Å². The Balaban J connectivity index is 1.79. The zero-order chi connectivity index (χ0) is 21.4. The molecule has 30 heavy (non-hydrogen) atoms. The molecular weight excluding hydrogens is 406 g/mol. The Hall–Kier alpha value is -3.00. The summed E-state index contributed by atoms with van der Waals surface area (Å²) in [6.45, 7) is 4.99. The number of carbonyl (C=O) groups excluding carboxylic acids is 1. The summed E-state index contributed by atoms with van der Waals surface area (Å²) in [5.74, 6) is 1.26. The number of carbonyl (C=O) groups is 1. The monoisotopic (exact) mass is 429 g/mol. The highest BCUT2D eigenvalue weighted by atomic mass is 35.5. The summed E-state index contributed by atoms with van der Waals surface area (Å²) in [6.07, 6.45) is 0.869. The third kappa shape index (κ3) is 3.63. The van der Waals surface area contributed by atoms with Crippen molar-refractivity contribution in [1.82, 2.24) is 19.9 Å². The average Bonchev–Trinajstić information content (AvgIpc) is 3.30. The molecule has 1 fully saturated rings. The van der Waals surface area contributed by atoms with Crippen LogP contribution >= 0.6 is 11.6 Å². The molecule has 4 rings (SSSR count). The molecule has 0 spiro atoms. The number of aromatic nitrogens is 3. The van der Waals surface area contributed by atoms with E-state index in [1.54, 1.807) is 18.7 Å². The van der Waals surface area contributed by atoms with Gasteiger partial charge < -0.3 is 19.7 Å². The molecule has 1 saturated heterocycles. The van der Waals surface area contributed by atoms with Gasteiger partial charge in [0.1, 0.15) is 0 Å². The summed E-state index contributed by atoms with van der Waals surface area (Å²) in [4.78, 5) is 18.4. The summed E-state index contributed by atoms with van der Waals surface area (Å²) in [5, 5.41) is 7.88. The van der Waals surface area contributed by atoms with Gasteiger partial charge >= 0.3 is 0 Å². The molecule has 0 bridgehead atoms. The van der Waals surface area contributed by atoms with Gasteiger partial charge in [0.15, 0.2) is 22.3 Å². The second-order valence-corrected chi connectivity index (χ2v) is 7.72. The normalized spacial score (nSPS) is 16.2. The third-order valence-corrected chi connectivity index (χ3v) is 5.49. The third-order valence-electron chi connectivity index (χ3n) is 5.30. The number of anilines is 1. The standard InChI is InChI=1S/C21H24ClN5O3/c1-12-20(14-5-6-17(29-3)18(9-14)30-4)27-21(23-12)16(10-19(22)25-27)26-8-7-15(11-26)24-13(2)28/h5-6,9-10,15H,7-8,11H2,1-4H3,(H,24,28)/t15-/m1/s1. The number of hydrogen-bond acceptors (Lipinski definition) is 6. The van der Waals surface area contributed by atoms with E-state index < -0.39 is 0 Å². The maximum absolute atomic E-state index is 11.4. The van der Waals surface area contributed by atoms with E-state index in [1.165, 1.54) is 6.92 Å².